The summed E-state index contributed by atoms with van der Waals surface area (Å²) in [4.78, 5) is 14.0. The van der Waals surface area contributed by atoms with Gasteiger partial charge in [0.25, 0.3) is 5.91 Å². The van der Waals surface area contributed by atoms with Crippen molar-refractivity contribution in [1.29, 1.82) is 0 Å². The summed E-state index contributed by atoms with van der Waals surface area (Å²) in [5, 5.41) is 0. The molecule has 1 aromatic carbocycles. The summed E-state index contributed by atoms with van der Waals surface area (Å²) >= 11 is 0. The van der Waals surface area contributed by atoms with Crippen molar-refractivity contribution in [3.8, 4) is 0 Å². The quantitative estimate of drug-likeness (QED) is 0.858. The van der Waals surface area contributed by atoms with Crippen LogP contribution in [0.2, 0.25) is 0 Å². The van der Waals surface area contributed by atoms with Crippen LogP contribution in [-0.2, 0) is 16.4 Å². The summed E-state index contributed by atoms with van der Waals surface area (Å²) in [5.41, 5.74) is 0.344. The van der Waals surface area contributed by atoms with E-state index in [0.29, 0.717) is 12.0 Å². The fourth-order valence-electron chi connectivity index (χ4n) is 2.74. The maximum Gasteiger partial charge on any atom is 0.290 e. The zero-order chi connectivity index (χ0) is 16.4. The number of rotatable bonds is 4. The first kappa shape index (κ1) is 15.7. The molecule has 5 nitrogen and oxygen atoms in total. The molecule has 1 saturated heterocycles. The number of furan rings is 1. The molecule has 0 N–H and O–H groups in total. The molecule has 2 aromatic rings. The normalized spacial score (nSPS) is 19.6. The SMILES string of the molecule is O=C(c1ccco1)N(Cc1ccccc1F)[C@@H]1CCS(=O)(=O)C1. The minimum atomic E-state index is -3.16. The molecule has 0 spiro atoms. The van der Waals surface area contributed by atoms with Crippen molar-refractivity contribution in [3.63, 3.8) is 0 Å². The molecule has 0 radical (unpaired) electrons. The summed E-state index contributed by atoms with van der Waals surface area (Å²) in [6.45, 7) is 0.00634. The van der Waals surface area contributed by atoms with Crippen LogP contribution < -0.4 is 0 Å². The van der Waals surface area contributed by atoms with Crippen molar-refractivity contribution in [2.75, 3.05) is 11.5 Å². The lowest BCUT2D eigenvalue weighted by Gasteiger charge is -2.27. The zero-order valence-electron chi connectivity index (χ0n) is 12.3. The molecule has 1 aliphatic heterocycles. The van der Waals surface area contributed by atoms with Gasteiger partial charge in [-0.15, -0.1) is 0 Å². The molecule has 1 amide bonds. The van der Waals surface area contributed by atoms with Crippen LogP contribution in [-0.4, -0.2) is 36.8 Å². The van der Waals surface area contributed by atoms with Gasteiger partial charge >= 0.3 is 0 Å². The molecule has 122 valence electrons. The largest absolute Gasteiger partial charge is 0.459 e. The van der Waals surface area contributed by atoms with Crippen LogP contribution in [0.3, 0.4) is 0 Å². The number of hydrogen-bond donors (Lipinski definition) is 0. The van der Waals surface area contributed by atoms with E-state index in [1.165, 1.54) is 23.3 Å². The average Bonchev–Trinajstić information content (AvgIpc) is 3.15. The van der Waals surface area contributed by atoms with E-state index in [2.05, 4.69) is 0 Å². The van der Waals surface area contributed by atoms with Gasteiger partial charge in [-0.1, -0.05) is 18.2 Å². The molecule has 1 atom stereocenters. The van der Waals surface area contributed by atoms with Crippen molar-refractivity contribution in [2.45, 2.75) is 19.0 Å². The van der Waals surface area contributed by atoms with Crippen molar-refractivity contribution in [1.82, 2.24) is 4.90 Å². The van der Waals surface area contributed by atoms with Gasteiger partial charge in [0.05, 0.1) is 17.8 Å². The Balaban J connectivity index is 1.90. The van der Waals surface area contributed by atoms with Gasteiger partial charge in [0, 0.05) is 18.2 Å². The van der Waals surface area contributed by atoms with E-state index in [1.807, 2.05) is 0 Å². The van der Waals surface area contributed by atoms with Gasteiger partial charge in [0.2, 0.25) is 0 Å². The fourth-order valence-corrected chi connectivity index (χ4v) is 4.47. The van der Waals surface area contributed by atoms with Gasteiger partial charge in [0.15, 0.2) is 15.6 Å². The first-order valence-corrected chi connectivity index (χ1v) is 9.07. The highest BCUT2D eigenvalue weighted by atomic mass is 32.2. The molecular formula is C16H16FNO4S. The minimum Gasteiger partial charge on any atom is -0.459 e. The van der Waals surface area contributed by atoms with Gasteiger partial charge in [-0.05, 0) is 24.6 Å². The summed E-state index contributed by atoms with van der Waals surface area (Å²) in [7, 11) is -3.16. The number of carbonyl (C=O) groups excluding carboxylic acids is 1. The number of halogens is 1. The Morgan fingerprint density at radius 1 is 1.26 bits per heavy atom. The molecule has 23 heavy (non-hydrogen) atoms. The second-order valence-corrected chi connectivity index (χ2v) is 7.79. The van der Waals surface area contributed by atoms with Gasteiger partial charge in [-0.25, -0.2) is 12.8 Å². The van der Waals surface area contributed by atoms with E-state index in [4.69, 9.17) is 4.42 Å². The third-order valence-electron chi connectivity index (χ3n) is 3.94. The van der Waals surface area contributed by atoms with Crippen LogP contribution in [0.15, 0.2) is 47.1 Å². The molecular weight excluding hydrogens is 321 g/mol. The van der Waals surface area contributed by atoms with Crippen LogP contribution in [0.5, 0.6) is 0 Å². The van der Waals surface area contributed by atoms with Crippen LogP contribution >= 0.6 is 0 Å². The van der Waals surface area contributed by atoms with E-state index in [1.54, 1.807) is 24.3 Å². The Morgan fingerprint density at radius 2 is 2.04 bits per heavy atom. The Bertz CT molecular complexity index is 801. The monoisotopic (exact) mass is 337 g/mol. The van der Waals surface area contributed by atoms with Gasteiger partial charge in [-0.2, -0.15) is 0 Å². The van der Waals surface area contributed by atoms with E-state index < -0.39 is 27.6 Å². The molecule has 3 rings (SSSR count). The first-order chi connectivity index (χ1) is 11.0. The first-order valence-electron chi connectivity index (χ1n) is 7.24. The van der Waals surface area contributed by atoms with Crippen molar-refractivity contribution < 1.29 is 22.0 Å². The van der Waals surface area contributed by atoms with E-state index in [-0.39, 0.29) is 23.8 Å². The van der Waals surface area contributed by atoms with Crippen molar-refractivity contribution in [2.24, 2.45) is 0 Å². The number of benzene rings is 1. The second-order valence-electron chi connectivity index (χ2n) is 5.56. The fraction of sp³-hybridized carbons (Fsp3) is 0.312. The molecule has 2 heterocycles. The molecule has 0 aliphatic carbocycles. The zero-order valence-corrected chi connectivity index (χ0v) is 13.1. The molecule has 1 fully saturated rings. The number of nitrogens with zero attached hydrogens (tertiary/aromatic N) is 1. The van der Waals surface area contributed by atoms with Crippen LogP contribution in [0.25, 0.3) is 0 Å². The lowest BCUT2D eigenvalue weighted by atomic mass is 10.1. The number of sulfone groups is 1. The molecule has 1 aliphatic rings. The Morgan fingerprint density at radius 3 is 2.65 bits per heavy atom. The highest BCUT2D eigenvalue weighted by Crippen LogP contribution is 2.23. The topological polar surface area (TPSA) is 67.6 Å². The predicted molar refractivity (Wildman–Crippen MR) is 82.0 cm³/mol. The number of amides is 1. The van der Waals surface area contributed by atoms with Crippen LogP contribution in [0.1, 0.15) is 22.5 Å². The third kappa shape index (κ3) is 3.44. The summed E-state index contributed by atoms with van der Waals surface area (Å²) in [6.07, 6.45) is 1.73. The maximum absolute atomic E-state index is 13.9. The molecule has 0 unspecified atom stereocenters. The van der Waals surface area contributed by atoms with Gasteiger partial charge < -0.3 is 9.32 Å². The summed E-state index contributed by atoms with van der Waals surface area (Å²) in [6, 6.07) is 8.77. The molecule has 7 heteroatoms. The molecule has 0 bridgehead atoms. The van der Waals surface area contributed by atoms with Crippen LogP contribution in [0.4, 0.5) is 4.39 Å². The van der Waals surface area contributed by atoms with Crippen molar-refractivity contribution in [3.05, 3.63) is 59.8 Å². The second kappa shape index (κ2) is 6.16. The van der Waals surface area contributed by atoms with E-state index in [0.717, 1.165) is 0 Å². The highest BCUT2D eigenvalue weighted by molar-refractivity contribution is 7.91. The van der Waals surface area contributed by atoms with Crippen LogP contribution in [0, 0.1) is 5.82 Å². The van der Waals surface area contributed by atoms with Gasteiger partial charge in [0.1, 0.15) is 5.82 Å². The predicted octanol–water partition coefficient (Wildman–Crippen LogP) is 2.25. The summed E-state index contributed by atoms with van der Waals surface area (Å²) in [5.74, 6) is -0.804. The molecule has 0 saturated carbocycles. The maximum atomic E-state index is 13.9. The van der Waals surface area contributed by atoms with E-state index in [9.17, 15) is 17.6 Å². The lowest BCUT2D eigenvalue weighted by Crippen LogP contribution is -2.40. The smallest absolute Gasteiger partial charge is 0.290 e. The average molecular weight is 337 g/mol. The number of carbonyl (C=O) groups is 1. The Labute approximate surface area is 133 Å². The summed E-state index contributed by atoms with van der Waals surface area (Å²) < 4.78 is 42.5. The highest BCUT2D eigenvalue weighted by Gasteiger charge is 2.36. The Kier molecular flexibility index (Phi) is 4.21. The number of hydrogen-bond acceptors (Lipinski definition) is 4. The lowest BCUT2D eigenvalue weighted by molar-refractivity contribution is 0.0646. The van der Waals surface area contributed by atoms with E-state index >= 15 is 0 Å². The van der Waals surface area contributed by atoms with Gasteiger partial charge in [-0.3, -0.25) is 4.79 Å². The standard InChI is InChI=1S/C16H16FNO4S/c17-14-5-2-1-4-12(14)10-18(13-7-9-23(20,21)11-13)16(19)15-6-3-8-22-15/h1-6,8,13H,7,9-11H2/t13-/m1/s1. The Hall–Kier alpha value is -2.15. The minimum absolute atomic E-state index is 0.00634. The third-order valence-corrected chi connectivity index (χ3v) is 5.69. The van der Waals surface area contributed by atoms with Crippen molar-refractivity contribution >= 4 is 15.7 Å². The molecule has 1 aromatic heterocycles.